The van der Waals surface area contributed by atoms with E-state index < -0.39 is 10.0 Å². The predicted octanol–water partition coefficient (Wildman–Crippen LogP) is 3.58. The molecule has 0 aromatic heterocycles. The van der Waals surface area contributed by atoms with Gasteiger partial charge in [-0.25, -0.2) is 13.1 Å². The van der Waals surface area contributed by atoms with Gasteiger partial charge in [0, 0.05) is 19.7 Å². The second-order valence-corrected chi connectivity index (χ2v) is 8.50. The van der Waals surface area contributed by atoms with Crippen LogP contribution in [0.4, 0.5) is 0 Å². The number of likely N-dealkylation sites (N-methyl/N-ethyl adjacent to an activating group) is 1. The molecule has 0 saturated carbocycles. The largest absolute Gasteiger partial charge is 0.495 e. The maximum absolute atomic E-state index is 12.4. The molecule has 28 heavy (non-hydrogen) atoms. The highest BCUT2D eigenvalue weighted by Crippen LogP contribution is 2.27. The summed E-state index contributed by atoms with van der Waals surface area (Å²) in [7, 11) is 0.639. The van der Waals surface area contributed by atoms with Crippen molar-refractivity contribution in [1.82, 2.24) is 9.62 Å². The topological polar surface area (TPSA) is 75.7 Å². The van der Waals surface area contributed by atoms with Gasteiger partial charge in [0.15, 0.2) is 0 Å². The Morgan fingerprint density at radius 1 is 1.25 bits per heavy atom. The highest BCUT2D eigenvalue weighted by molar-refractivity contribution is 7.89. The molecule has 1 amide bonds. The standard InChI is InChI=1S/C19H20Cl2N2O4S/c1-22-28(25,26)17-11-13(7-9-16(17)27-3)8-10-18(24)23(2)12-14-5-4-6-15(20)19(14)21/h4-11,22H,12H2,1-3H3/b10-8+. The van der Waals surface area contributed by atoms with Crippen LogP contribution in [0.2, 0.25) is 10.0 Å². The molecule has 0 saturated heterocycles. The van der Waals surface area contributed by atoms with E-state index in [1.807, 2.05) is 0 Å². The summed E-state index contributed by atoms with van der Waals surface area (Å²) in [5.74, 6) is -0.0598. The second-order valence-electron chi connectivity index (χ2n) is 5.86. The molecule has 0 aliphatic rings. The molecule has 0 unspecified atom stereocenters. The molecule has 0 atom stereocenters. The Morgan fingerprint density at radius 3 is 2.61 bits per heavy atom. The quantitative estimate of drug-likeness (QED) is 0.664. The maximum atomic E-state index is 12.4. The van der Waals surface area contributed by atoms with Crippen molar-refractivity contribution in [3.8, 4) is 5.75 Å². The number of sulfonamides is 1. The van der Waals surface area contributed by atoms with Crippen LogP contribution in [0, 0.1) is 0 Å². The molecule has 0 heterocycles. The van der Waals surface area contributed by atoms with Gasteiger partial charge in [0.2, 0.25) is 15.9 Å². The van der Waals surface area contributed by atoms with Gasteiger partial charge in [0.1, 0.15) is 10.6 Å². The van der Waals surface area contributed by atoms with E-state index in [1.54, 1.807) is 31.3 Å². The highest BCUT2D eigenvalue weighted by atomic mass is 35.5. The Kier molecular flexibility index (Phi) is 7.48. The first kappa shape index (κ1) is 22.2. The van der Waals surface area contributed by atoms with Gasteiger partial charge in [-0.2, -0.15) is 0 Å². The smallest absolute Gasteiger partial charge is 0.246 e. The zero-order chi connectivity index (χ0) is 20.9. The summed E-state index contributed by atoms with van der Waals surface area (Å²) in [6.07, 6.45) is 2.89. The third kappa shape index (κ3) is 5.26. The Labute approximate surface area is 174 Å². The summed E-state index contributed by atoms with van der Waals surface area (Å²) in [5, 5.41) is 0.830. The lowest BCUT2D eigenvalue weighted by Crippen LogP contribution is -2.24. The summed E-state index contributed by atoms with van der Waals surface area (Å²) in [4.78, 5) is 13.9. The molecule has 0 aliphatic heterocycles. The zero-order valence-corrected chi connectivity index (χ0v) is 17.9. The van der Waals surface area contributed by atoms with Crippen molar-refractivity contribution in [2.24, 2.45) is 0 Å². The van der Waals surface area contributed by atoms with Crippen molar-refractivity contribution < 1.29 is 17.9 Å². The van der Waals surface area contributed by atoms with Crippen LogP contribution >= 0.6 is 23.2 Å². The number of nitrogens with one attached hydrogen (secondary N) is 1. The van der Waals surface area contributed by atoms with Crippen LogP contribution in [0.1, 0.15) is 11.1 Å². The van der Waals surface area contributed by atoms with Crippen molar-refractivity contribution in [1.29, 1.82) is 0 Å². The minimum atomic E-state index is -3.70. The maximum Gasteiger partial charge on any atom is 0.246 e. The number of hydrogen-bond donors (Lipinski definition) is 1. The van der Waals surface area contributed by atoms with E-state index in [4.69, 9.17) is 27.9 Å². The van der Waals surface area contributed by atoms with Crippen LogP contribution in [-0.2, 0) is 21.4 Å². The first-order valence-corrected chi connectivity index (χ1v) is 10.4. The number of rotatable bonds is 7. The molecule has 150 valence electrons. The number of hydrogen-bond acceptors (Lipinski definition) is 4. The SMILES string of the molecule is CNS(=O)(=O)c1cc(/C=C/C(=O)N(C)Cc2cccc(Cl)c2Cl)ccc1OC. The van der Waals surface area contributed by atoms with Crippen molar-refractivity contribution in [2.45, 2.75) is 11.4 Å². The zero-order valence-electron chi connectivity index (χ0n) is 15.6. The highest BCUT2D eigenvalue weighted by Gasteiger charge is 2.18. The van der Waals surface area contributed by atoms with E-state index >= 15 is 0 Å². The van der Waals surface area contributed by atoms with Gasteiger partial charge in [0.25, 0.3) is 0 Å². The second kappa shape index (κ2) is 9.43. The number of halogens is 2. The number of nitrogens with zero attached hydrogens (tertiary/aromatic N) is 1. The summed E-state index contributed by atoms with van der Waals surface area (Å²) in [6.45, 7) is 0.282. The lowest BCUT2D eigenvalue weighted by atomic mass is 10.2. The van der Waals surface area contributed by atoms with Gasteiger partial charge in [-0.05, 0) is 42.4 Å². The van der Waals surface area contributed by atoms with Gasteiger partial charge < -0.3 is 9.64 Å². The molecule has 1 N–H and O–H groups in total. The third-order valence-corrected chi connectivity index (χ3v) is 6.27. The molecule has 6 nitrogen and oxygen atoms in total. The minimum absolute atomic E-state index is 0.00818. The number of carbonyl (C=O) groups is 1. The molecule has 0 radical (unpaired) electrons. The molecule has 0 aliphatic carbocycles. The Bertz CT molecular complexity index is 1010. The Balaban J connectivity index is 2.19. The van der Waals surface area contributed by atoms with E-state index in [0.29, 0.717) is 15.6 Å². The van der Waals surface area contributed by atoms with Gasteiger partial charge in [-0.15, -0.1) is 0 Å². The summed E-state index contributed by atoms with van der Waals surface area (Å²) in [6, 6.07) is 9.85. The molecule has 9 heteroatoms. The number of ether oxygens (including phenoxy) is 1. The van der Waals surface area contributed by atoms with Crippen LogP contribution in [0.25, 0.3) is 6.08 Å². The molecule has 2 rings (SSSR count). The summed E-state index contributed by atoms with van der Waals surface area (Å²) < 4.78 is 31.6. The van der Waals surface area contributed by atoms with E-state index in [-0.39, 0.29) is 23.1 Å². The Hall–Kier alpha value is -2.06. The summed E-state index contributed by atoms with van der Waals surface area (Å²) >= 11 is 12.1. The van der Waals surface area contributed by atoms with Crippen molar-refractivity contribution in [2.75, 3.05) is 21.2 Å². The van der Waals surface area contributed by atoms with E-state index in [2.05, 4.69) is 4.72 Å². The molecule has 0 spiro atoms. The minimum Gasteiger partial charge on any atom is -0.495 e. The van der Waals surface area contributed by atoms with Crippen LogP contribution < -0.4 is 9.46 Å². The average Bonchev–Trinajstić information content (AvgIpc) is 2.69. The monoisotopic (exact) mass is 442 g/mol. The lowest BCUT2D eigenvalue weighted by Gasteiger charge is -2.16. The fourth-order valence-corrected chi connectivity index (χ4v) is 3.72. The number of amides is 1. The van der Waals surface area contributed by atoms with E-state index in [9.17, 15) is 13.2 Å². The number of methoxy groups -OCH3 is 1. The third-order valence-electron chi connectivity index (χ3n) is 3.98. The van der Waals surface area contributed by atoms with Crippen molar-refractivity contribution in [3.05, 3.63) is 63.6 Å². The van der Waals surface area contributed by atoms with Gasteiger partial charge in [-0.3, -0.25) is 4.79 Å². The van der Waals surface area contributed by atoms with Crippen LogP contribution in [0.3, 0.4) is 0 Å². The first-order chi connectivity index (χ1) is 13.2. The molecule has 2 aromatic rings. The van der Waals surface area contributed by atoms with Gasteiger partial charge >= 0.3 is 0 Å². The number of benzene rings is 2. The molecule has 2 aromatic carbocycles. The van der Waals surface area contributed by atoms with Crippen LogP contribution in [0.5, 0.6) is 5.75 Å². The molecular formula is C19H20Cl2N2O4S. The van der Waals surface area contributed by atoms with Crippen molar-refractivity contribution in [3.63, 3.8) is 0 Å². The normalized spacial score (nSPS) is 11.6. The van der Waals surface area contributed by atoms with Crippen molar-refractivity contribution >= 4 is 45.2 Å². The molecule has 0 bridgehead atoms. The predicted molar refractivity (Wildman–Crippen MR) is 111 cm³/mol. The fraction of sp³-hybridized carbons (Fsp3) is 0.211. The molecule has 0 fully saturated rings. The average molecular weight is 443 g/mol. The van der Waals surface area contributed by atoms with Gasteiger partial charge in [0.05, 0.1) is 17.2 Å². The Morgan fingerprint density at radius 2 is 1.96 bits per heavy atom. The number of carbonyl (C=O) groups excluding carboxylic acids is 1. The van der Waals surface area contributed by atoms with Crippen LogP contribution in [-0.4, -0.2) is 40.4 Å². The van der Waals surface area contributed by atoms with E-state index in [1.165, 1.54) is 43.3 Å². The lowest BCUT2D eigenvalue weighted by molar-refractivity contribution is -0.125. The van der Waals surface area contributed by atoms with Gasteiger partial charge in [-0.1, -0.05) is 41.4 Å². The fourth-order valence-electron chi connectivity index (χ4n) is 2.42. The molecular weight excluding hydrogens is 423 g/mol. The van der Waals surface area contributed by atoms with E-state index in [0.717, 1.165) is 5.56 Å². The summed E-state index contributed by atoms with van der Waals surface area (Å²) in [5.41, 5.74) is 1.27. The first-order valence-electron chi connectivity index (χ1n) is 8.17. The van der Waals surface area contributed by atoms with Crippen LogP contribution in [0.15, 0.2) is 47.4 Å².